The third kappa shape index (κ3) is 2.54. The van der Waals surface area contributed by atoms with Gasteiger partial charge in [-0.25, -0.2) is 9.97 Å². The number of aromatic nitrogens is 3. The number of nitrogens with zero attached hydrogens (tertiary/aromatic N) is 3. The average Bonchev–Trinajstić information content (AvgIpc) is 3.21. The van der Waals surface area contributed by atoms with Crippen molar-refractivity contribution >= 4 is 0 Å². The second kappa shape index (κ2) is 4.82. The molecule has 18 heavy (non-hydrogen) atoms. The van der Waals surface area contributed by atoms with E-state index in [-0.39, 0.29) is 0 Å². The number of aryl methyl sites for hydroxylation is 1. The van der Waals surface area contributed by atoms with Crippen LogP contribution in [0.15, 0.2) is 30.7 Å². The van der Waals surface area contributed by atoms with Crippen LogP contribution < -0.4 is 5.32 Å². The summed E-state index contributed by atoms with van der Waals surface area (Å²) in [5, 5.41) is 3.46. The molecule has 0 spiro atoms. The zero-order valence-electron chi connectivity index (χ0n) is 10.4. The van der Waals surface area contributed by atoms with Crippen LogP contribution in [-0.4, -0.2) is 21.0 Å². The zero-order valence-corrected chi connectivity index (χ0v) is 10.4. The van der Waals surface area contributed by atoms with Crippen LogP contribution in [0.3, 0.4) is 0 Å². The lowest BCUT2D eigenvalue weighted by Crippen LogP contribution is -2.16. The van der Waals surface area contributed by atoms with E-state index < -0.39 is 0 Å². The molecule has 0 atom stereocenters. The molecule has 0 radical (unpaired) electrons. The third-order valence-corrected chi connectivity index (χ3v) is 3.14. The van der Waals surface area contributed by atoms with Crippen LogP contribution in [0.5, 0.6) is 0 Å². The van der Waals surface area contributed by atoms with E-state index in [1.807, 2.05) is 24.5 Å². The van der Waals surface area contributed by atoms with Crippen molar-refractivity contribution in [3.63, 3.8) is 0 Å². The summed E-state index contributed by atoms with van der Waals surface area (Å²) in [4.78, 5) is 13.1. The molecule has 0 unspecified atom stereocenters. The van der Waals surface area contributed by atoms with Crippen LogP contribution in [-0.2, 0) is 6.54 Å². The molecule has 4 nitrogen and oxygen atoms in total. The van der Waals surface area contributed by atoms with E-state index in [9.17, 15) is 0 Å². The number of hydrogen-bond donors (Lipinski definition) is 1. The molecule has 1 aliphatic rings. The van der Waals surface area contributed by atoms with Gasteiger partial charge in [-0.05, 0) is 37.5 Å². The Kier molecular flexibility index (Phi) is 3.02. The fourth-order valence-corrected chi connectivity index (χ4v) is 1.86. The van der Waals surface area contributed by atoms with E-state index in [2.05, 4.69) is 27.2 Å². The standard InChI is InChI=1S/C14H16N4/c1-10-4-6-15-9-13(10)14-16-7-5-12(18-14)8-17-11-2-3-11/h4-7,9,11,17H,2-3,8H2,1H3. The summed E-state index contributed by atoms with van der Waals surface area (Å²) in [7, 11) is 0. The lowest BCUT2D eigenvalue weighted by molar-refractivity contribution is 0.673. The minimum atomic E-state index is 0.698. The van der Waals surface area contributed by atoms with Gasteiger partial charge in [0.1, 0.15) is 0 Å². The molecule has 0 aromatic carbocycles. The maximum Gasteiger partial charge on any atom is 0.161 e. The molecule has 3 rings (SSSR count). The Balaban J connectivity index is 1.83. The summed E-state index contributed by atoms with van der Waals surface area (Å²) < 4.78 is 0. The van der Waals surface area contributed by atoms with Gasteiger partial charge in [-0.15, -0.1) is 0 Å². The SMILES string of the molecule is Cc1ccncc1-c1nccc(CNC2CC2)n1. The first-order chi connectivity index (χ1) is 8.83. The van der Waals surface area contributed by atoms with Gasteiger partial charge in [0, 0.05) is 36.7 Å². The smallest absolute Gasteiger partial charge is 0.161 e. The summed E-state index contributed by atoms with van der Waals surface area (Å²) in [6.45, 7) is 2.87. The monoisotopic (exact) mass is 240 g/mol. The second-order valence-electron chi connectivity index (χ2n) is 4.72. The van der Waals surface area contributed by atoms with Crippen LogP contribution in [0.2, 0.25) is 0 Å². The fraction of sp³-hybridized carbons (Fsp3) is 0.357. The van der Waals surface area contributed by atoms with E-state index in [4.69, 9.17) is 0 Å². The van der Waals surface area contributed by atoms with Gasteiger partial charge < -0.3 is 5.32 Å². The first kappa shape index (κ1) is 11.3. The highest BCUT2D eigenvalue weighted by atomic mass is 15.0. The van der Waals surface area contributed by atoms with Crippen molar-refractivity contribution in [1.29, 1.82) is 0 Å². The highest BCUT2D eigenvalue weighted by Gasteiger charge is 2.20. The predicted octanol–water partition coefficient (Wildman–Crippen LogP) is 2.10. The molecule has 1 saturated carbocycles. The van der Waals surface area contributed by atoms with Crippen molar-refractivity contribution < 1.29 is 0 Å². The van der Waals surface area contributed by atoms with Gasteiger partial charge in [0.05, 0.1) is 5.69 Å². The fourth-order valence-electron chi connectivity index (χ4n) is 1.86. The molecule has 92 valence electrons. The predicted molar refractivity (Wildman–Crippen MR) is 69.9 cm³/mol. The minimum absolute atomic E-state index is 0.698. The van der Waals surface area contributed by atoms with E-state index in [0.29, 0.717) is 6.04 Å². The molecule has 0 bridgehead atoms. The molecule has 1 N–H and O–H groups in total. The molecular formula is C14H16N4. The molecule has 0 aliphatic heterocycles. The Morgan fingerprint density at radius 1 is 1.28 bits per heavy atom. The molecule has 0 saturated heterocycles. The van der Waals surface area contributed by atoms with Gasteiger partial charge in [0.25, 0.3) is 0 Å². The molecule has 2 aromatic rings. The van der Waals surface area contributed by atoms with Crippen LogP contribution in [0, 0.1) is 6.92 Å². The van der Waals surface area contributed by atoms with Crippen molar-refractivity contribution in [2.24, 2.45) is 0 Å². The summed E-state index contributed by atoms with van der Waals surface area (Å²) in [6.07, 6.45) is 8.01. The minimum Gasteiger partial charge on any atom is -0.308 e. The van der Waals surface area contributed by atoms with Crippen LogP contribution >= 0.6 is 0 Å². The molecule has 1 aliphatic carbocycles. The van der Waals surface area contributed by atoms with Crippen LogP contribution in [0.4, 0.5) is 0 Å². The molecule has 4 heteroatoms. The van der Waals surface area contributed by atoms with E-state index in [1.165, 1.54) is 12.8 Å². The number of rotatable bonds is 4. The van der Waals surface area contributed by atoms with Crippen molar-refractivity contribution in [2.45, 2.75) is 32.4 Å². The molecule has 1 fully saturated rings. The second-order valence-corrected chi connectivity index (χ2v) is 4.72. The first-order valence-electron chi connectivity index (χ1n) is 6.29. The van der Waals surface area contributed by atoms with Crippen molar-refractivity contribution in [3.8, 4) is 11.4 Å². The summed E-state index contributed by atoms with van der Waals surface area (Å²) in [6, 6.07) is 4.64. The largest absolute Gasteiger partial charge is 0.308 e. The van der Waals surface area contributed by atoms with E-state index in [1.54, 1.807) is 6.20 Å². The highest BCUT2D eigenvalue weighted by molar-refractivity contribution is 5.57. The summed E-state index contributed by atoms with van der Waals surface area (Å²) in [5.74, 6) is 0.760. The first-order valence-corrected chi connectivity index (χ1v) is 6.29. The lowest BCUT2D eigenvalue weighted by atomic mass is 10.1. The Morgan fingerprint density at radius 3 is 2.94 bits per heavy atom. The number of hydrogen-bond acceptors (Lipinski definition) is 4. The Bertz CT molecular complexity index is 549. The summed E-state index contributed by atoms with van der Waals surface area (Å²) in [5.41, 5.74) is 3.19. The maximum atomic E-state index is 4.59. The van der Waals surface area contributed by atoms with Gasteiger partial charge in [-0.3, -0.25) is 4.98 Å². The third-order valence-electron chi connectivity index (χ3n) is 3.14. The maximum absolute atomic E-state index is 4.59. The van der Waals surface area contributed by atoms with Gasteiger partial charge in [0.2, 0.25) is 0 Å². The summed E-state index contributed by atoms with van der Waals surface area (Å²) >= 11 is 0. The van der Waals surface area contributed by atoms with Gasteiger partial charge in [-0.2, -0.15) is 0 Å². The normalized spacial score (nSPS) is 14.7. The molecule has 2 aromatic heterocycles. The zero-order chi connectivity index (χ0) is 12.4. The topological polar surface area (TPSA) is 50.7 Å². The van der Waals surface area contributed by atoms with Gasteiger partial charge in [0.15, 0.2) is 5.82 Å². The highest BCUT2D eigenvalue weighted by Crippen LogP contribution is 2.20. The van der Waals surface area contributed by atoms with Crippen molar-refractivity contribution in [2.75, 3.05) is 0 Å². The average molecular weight is 240 g/mol. The molecular weight excluding hydrogens is 224 g/mol. The Hall–Kier alpha value is -1.81. The lowest BCUT2D eigenvalue weighted by Gasteiger charge is -2.06. The molecule has 0 amide bonds. The number of nitrogens with one attached hydrogen (secondary N) is 1. The van der Waals surface area contributed by atoms with E-state index in [0.717, 1.165) is 29.2 Å². The van der Waals surface area contributed by atoms with Crippen molar-refractivity contribution in [3.05, 3.63) is 42.0 Å². The quantitative estimate of drug-likeness (QED) is 0.889. The van der Waals surface area contributed by atoms with Crippen LogP contribution in [0.1, 0.15) is 24.1 Å². The molecule has 2 heterocycles. The Labute approximate surface area is 107 Å². The van der Waals surface area contributed by atoms with Gasteiger partial charge >= 0.3 is 0 Å². The van der Waals surface area contributed by atoms with Gasteiger partial charge in [-0.1, -0.05) is 0 Å². The Morgan fingerprint density at radius 2 is 2.17 bits per heavy atom. The number of pyridine rings is 1. The van der Waals surface area contributed by atoms with Crippen molar-refractivity contribution in [1.82, 2.24) is 20.3 Å². The van der Waals surface area contributed by atoms with E-state index >= 15 is 0 Å². The van der Waals surface area contributed by atoms with Crippen LogP contribution in [0.25, 0.3) is 11.4 Å².